The molecule has 0 aliphatic rings. The number of benzene rings is 1. The number of hydrogen-bond donors (Lipinski definition) is 1. The molecule has 1 aromatic heterocycles. The Morgan fingerprint density at radius 1 is 1.29 bits per heavy atom. The molecule has 2 aromatic rings. The lowest BCUT2D eigenvalue weighted by molar-refractivity contribution is 0.0900. The van der Waals surface area contributed by atoms with Crippen LogP contribution >= 0.6 is 11.6 Å². The Bertz CT molecular complexity index is 766. The Morgan fingerprint density at radius 2 is 1.90 bits per heavy atom. The summed E-state index contributed by atoms with van der Waals surface area (Å²) in [6, 6.07) is 7.43. The Morgan fingerprint density at radius 3 is 2.43 bits per heavy atom. The second kappa shape index (κ2) is 5.97. The van der Waals surface area contributed by atoms with Crippen LogP contribution in [0.25, 0.3) is 0 Å². The number of rotatable bonds is 4. The first-order chi connectivity index (χ1) is 9.79. The fourth-order valence-corrected chi connectivity index (χ4v) is 2.91. The SMILES string of the molecule is Cc1cc(C)n(C(=O)CNS(=O)(=O)c2ccc(Cl)cc2)n1. The van der Waals surface area contributed by atoms with Crippen LogP contribution in [0.15, 0.2) is 35.2 Å². The van der Waals surface area contributed by atoms with Crippen molar-refractivity contribution in [2.75, 3.05) is 6.54 Å². The summed E-state index contributed by atoms with van der Waals surface area (Å²) in [5, 5.41) is 4.45. The van der Waals surface area contributed by atoms with E-state index >= 15 is 0 Å². The number of hydrogen-bond acceptors (Lipinski definition) is 4. The largest absolute Gasteiger partial charge is 0.271 e. The summed E-state index contributed by atoms with van der Waals surface area (Å²) in [4.78, 5) is 12.0. The van der Waals surface area contributed by atoms with Gasteiger partial charge < -0.3 is 0 Å². The molecule has 0 saturated heterocycles. The van der Waals surface area contributed by atoms with E-state index in [4.69, 9.17) is 11.6 Å². The highest BCUT2D eigenvalue weighted by Crippen LogP contribution is 2.13. The van der Waals surface area contributed by atoms with E-state index in [1.165, 1.54) is 28.9 Å². The molecule has 8 heteroatoms. The Kier molecular flexibility index (Phi) is 4.46. The van der Waals surface area contributed by atoms with Gasteiger partial charge in [-0.2, -0.15) is 5.10 Å². The maximum atomic E-state index is 12.0. The summed E-state index contributed by atoms with van der Waals surface area (Å²) < 4.78 is 27.5. The number of nitrogens with one attached hydrogen (secondary N) is 1. The number of aryl methyl sites for hydroxylation is 2. The van der Waals surface area contributed by atoms with E-state index in [0.29, 0.717) is 16.4 Å². The molecule has 6 nitrogen and oxygen atoms in total. The van der Waals surface area contributed by atoms with Crippen molar-refractivity contribution in [3.63, 3.8) is 0 Å². The monoisotopic (exact) mass is 327 g/mol. The Balaban J connectivity index is 2.10. The van der Waals surface area contributed by atoms with Gasteiger partial charge in [-0.1, -0.05) is 11.6 Å². The summed E-state index contributed by atoms with van der Waals surface area (Å²) in [6.45, 7) is 3.12. The van der Waals surface area contributed by atoms with Gasteiger partial charge in [0.25, 0.3) is 5.91 Å². The van der Waals surface area contributed by atoms with Gasteiger partial charge in [0.2, 0.25) is 10.0 Å². The third-order valence-corrected chi connectivity index (χ3v) is 4.45. The van der Waals surface area contributed by atoms with Crippen molar-refractivity contribution in [3.05, 3.63) is 46.7 Å². The molecule has 21 heavy (non-hydrogen) atoms. The van der Waals surface area contributed by atoms with Gasteiger partial charge >= 0.3 is 0 Å². The topological polar surface area (TPSA) is 81.1 Å². The average molecular weight is 328 g/mol. The minimum atomic E-state index is -3.76. The van der Waals surface area contributed by atoms with Crippen LogP contribution in [0.1, 0.15) is 16.2 Å². The number of nitrogens with zero attached hydrogens (tertiary/aromatic N) is 2. The first kappa shape index (κ1) is 15.7. The third-order valence-electron chi connectivity index (χ3n) is 2.78. The van der Waals surface area contributed by atoms with E-state index in [9.17, 15) is 13.2 Å². The smallest absolute Gasteiger partial charge is 0.262 e. The summed E-state index contributed by atoms with van der Waals surface area (Å²) in [5.74, 6) is -0.446. The molecule has 0 atom stereocenters. The first-order valence-corrected chi connectivity index (χ1v) is 7.97. The zero-order chi connectivity index (χ0) is 15.6. The molecule has 112 valence electrons. The van der Waals surface area contributed by atoms with Crippen LogP contribution in [-0.2, 0) is 10.0 Å². The molecule has 0 unspecified atom stereocenters. The van der Waals surface area contributed by atoms with E-state index in [2.05, 4.69) is 9.82 Å². The molecular formula is C13H14ClN3O3S. The van der Waals surface area contributed by atoms with Crippen molar-refractivity contribution in [3.8, 4) is 0 Å². The van der Waals surface area contributed by atoms with Crippen LogP contribution in [0.5, 0.6) is 0 Å². The van der Waals surface area contributed by atoms with Gasteiger partial charge in [-0.15, -0.1) is 0 Å². The number of carbonyl (C=O) groups is 1. The van der Waals surface area contributed by atoms with Crippen molar-refractivity contribution in [1.29, 1.82) is 0 Å². The standard InChI is InChI=1S/C13H14ClN3O3S/c1-9-7-10(2)17(16-9)13(18)8-15-21(19,20)12-5-3-11(14)4-6-12/h3-7,15H,8H2,1-2H3. The molecule has 0 radical (unpaired) electrons. The average Bonchev–Trinajstić information content (AvgIpc) is 2.76. The summed E-state index contributed by atoms with van der Waals surface area (Å²) in [6.07, 6.45) is 0. The minimum Gasteiger partial charge on any atom is -0.271 e. The van der Waals surface area contributed by atoms with Gasteiger partial charge in [0.05, 0.1) is 17.1 Å². The Hall–Kier alpha value is -1.70. The summed E-state index contributed by atoms with van der Waals surface area (Å²) in [7, 11) is -3.76. The zero-order valence-electron chi connectivity index (χ0n) is 11.5. The van der Waals surface area contributed by atoms with Crippen LogP contribution in [0.2, 0.25) is 5.02 Å². The molecule has 1 N–H and O–H groups in total. The molecule has 2 rings (SSSR count). The normalized spacial score (nSPS) is 11.6. The zero-order valence-corrected chi connectivity index (χ0v) is 13.1. The van der Waals surface area contributed by atoms with E-state index in [-0.39, 0.29) is 11.4 Å². The second-order valence-electron chi connectivity index (χ2n) is 4.51. The van der Waals surface area contributed by atoms with Gasteiger partial charge in [0.15, 0.2) is 0 Å². The first-order valence-electron chi connectivity index (χ1n) is 6.11. The molecule has 0 fully saturated rings. The quantitative estimate of drug-likeness (QED) is 0.928. The lowest BCUT2D eigenvalue weighted by Gasteiger charge is -2.07. The van der Waals surface area contributed by atoms with E-state index in [1.807, 2.05) is 0 Å². The lowest BCUT2D eigenvalue weighted by atomic mass is 10.4. The van der Waals surface area contributed by atoms with Gasteiger partial charge in [-0.25, -0.2) is 17.8 Å². The van der Waals surface area contributed by atoms with Crippen LogP contribution in [-0.4, -0.2) is 30.7 Å². The minimum absolute atomic E-state index is 0.0491. The van der Waals surface area contributed by atoms with Crippen LogP contribution in [0, 0.1) is 13.8 Å². The molecule has 0 saturated carbocycles. The number of halogens is 1. The van der Waals surface area contributed by atoms with Gasteiger partial charge in [-0.05, 0) is 44.2 Å². The van der Waals surface area contributed by atoms with Gasteiger partial charge in [0, 0.05) is 10.7 Å². The van der Waals surface area contributed by atoms with Crippen molar-refractivity contribution in [2.24, 2.45) is 0 Å². The van der Waals surface area contributed by atoms with Crippen molar-refractivity contribution >= 4 is 27.5 Å². The maximum absolute atomic E-state index is 12.0. The highest BCUT2D eigenvalue weighted by atomic mass is 35.5. The highest BCUT2D eigenvalue weighted by molar-refractivity contribution is 7.89. The molecule has 0 bridgehead atoms. The second-order valence-corrected chi connectivity index (χ2v) is 6.71. The third kappa shape index (κ3) is 3.69. The van der Waals surface area contributed by atoms with E-state index < -0.39 is 15.9 Å². The Labute approximate surface area is 127 Å². The van der Waals surface area contributed by atoms with Crippen molar-refractivity contribution in [2.45, 2.75) is 18.7 Å². The van der Waals surface area contributed by atoms with E-state index in [1.54, 1.807) is 19.9 Å². The fourth-order valence-electron chi connectivity index (χ4n) is 1.81. The molecule has 1 aromatic carbocycles. The molecule has 0 spiro atoms. The molecule has 0 aliphatic carbocycles. The fraction of sp³-hybridized carbons (Fsp3) is 0.231. The summed E-state index contributed by atoms with van der Waals surface area (Å²) in [5.41, 5.74) is 1.35. The van der Waals surface area contributed by atoms with Crippen molar-refractivity contribution in [1.82, 2.24) is 14.5 Å². The lowest BCUT2D eigenvalue weighted by Crippen LogP contribution is -2.33. The molecule has 0 aliphatic heterocycles. The predicted molar refractivity (Wildman–Crippen MR) is 79.0 cm³/mol. The molecule has 0 amide bonds. The molecule has 1 heterocycles. The van der Waals surface area contributed by atoms with Gasteiger partial charge in [-0.3, -0.25) is 4.79 Å². The number of carbonyl (C=O) groups excluding carboxylic acids is 1. The van der Waals surface area contributed by atoms with Crippen LogP contribution < -0.4 is 4.72 Å². The van der Waals surface area contributed by atoms with Crippen LogP contribution in [0.4, 0.5) is 0 Å². The molecular weight excluding hydrogens is 314 g/mol. The van der Waals surface area contributed by atoms with Crippen LogP contribution in [0.3, 0.4) is 0 Å². The maximum Gasteiger partial charge on any atom is 0.262 e. The highest BCUT2D eigenvalue weighted by Gasteiger charge is 2.17. The van der Waals surface area contributed by atoms with Crippen molar-refractivity contribution < 1.29 is 13.2 Å². The van der Waals surface area contributed by atoms with E-state index in [0.717, 1.165) is 0 Å². The number of aromatic nitrogens is 2. The summed E-state index contributed by atoms with van der Waals surface area (Å²) >= 11 is 5.71. The van der Waals surface area contributed by atoms with Gasteiger partial charge in [0.1, 0.15) is 0 Å². The predicted octanol–water partition coefficient (Wildman–Crippen LogP) is 1.77. The number of sulfonamides is 1.